The Morgan fingerprint density at radius 2 is 2.06 bits per heavy atom. The predicted octanol–water partition coefficient (Wildman–Crippen LogP) is 2.36. The highest BCUT2D eigenvalue weighted by molar-refractivity contribution is 5.75. The zero-order valence-electron chi connectivity index (χ0n) is 10.8. The molecule has 2 rings (SSSR count). The largest absolute Gasteiger partial charge is 0.444 e. The minimum absolute atomic E-state index is 0.222. The van der Waals surface area contributed by atoms with E-state index in [-0.39, 0.29) is 18.2 Å². The van der Waals surface area contributed by atoms with Crippen LogP contribution in [0.15, 0.2) is 0 Å². The molecule has 17 heavy (non-hydrogen) atoms. The summed E-state index contributed by atoms with van der Waals surface area (Å²) in [5.74, 6) is 0.498. The summed E-state index contributed by atoms with van der Waals surface area (Å²) >= 11 is 0. The molecule has 4 heteroatoms. The highest BCUT2D eigenvalue weighted by Crippen LogP contribution is 2.41. The van der Waals surface area contributed by atoms with Crippen molar-refractivity contribution in [3.63, 3.8) is 0 Å². The van der Waals surface area contributed by atoms with Gasteiger partial charge in [-0.3, -0.25) is 4.90 Å². The second kappa shape index (κ2) is 4.31. The molecule has 3 atom stereocenters. The molecule has 2 fully saturated rings. The number of rotatable bonds is 1. The van der Waals surface area contributed by atoms with Crippen LogP contribution in [0, 0.1) is 5.92 Å². The molecular weight excluding hydrogens is 218 g/mol. The van der Waals surface area contributed by atoms with E-state index in [1.807, 2.05) is 20.8 Å². The van der Waals surface area contributed by atoms with Gasteiger partial charge in [-0.1, -0.05) is 6.42 Å². The highest BCUT2D eigenvalue weighted by Gasteiger charge is 2.47. The Morgan fingerprint density at radius 3 is 2.65 bits per heavy atom. The number of nitrogens with zero attached hydrogens (tertiary/aromatic N) is 1. The molecule has 3 unspecified atom stereocenters. The molecule has 1 heterocycles. The smallest absolute Gasteiger partial charge is 0.411 e. The topological polar surface area (TPSA) is 46.6 Å². The molecule has 1 amide bonds. The molecular formula is C13H21NO3. The molecule has 0 spiro atoms. The molecule has 1 aliphatic heterocycles. The van der Waals surface area contributed by atoms with Crippen LogP contribution in [0.2, 0.25) is 0 Å². The summed E-state index contributed by atoms with van der Waals surface area (Å²) in [5, 5.41) is 0. The maximum absolute atomic E-state index is 12.1. The van der Waals surface area contributed by atoms with Crippen molar-refractivity contribution in [3.8, 4) is 0 Å². The molecule has 96 valence electrons. The summed E-state index contributed by atoms with van der Waals surface area (Å²) in [5.41, 5.74) is -0.499. The fourth-order valence-corrected chi connectivity index (χ4v) is 3.03. The molecule has 0 aromatic heterocycles. The summed E-state index contributed by atoms with van der Waals surface area (Å²) in [6.07, 6.45) is 4.67. The number of hydrogen-bond donors (Lipinski definition) is 0. The van der Waals surface area contributed by atoms with E-state index >= 15 is 0 Å². The van der Waals surface area contributed by atoms with Crippen molar-refractivity contribution < 1.29 is 14.3 Å². The number of hydrogen-bond acceptors (Lipinski definition) is 3. The van der Waals surface area contributed by atoms with Crippen molar-refractivity contribution in [3.05, 3.63) is 0 Å². The van der Waals surface area contributed by atoms with E-state index in [2.05, 4.69) is 0 Å². The first-order chi connectivity index (χ1) is 7.92. The van der Waals surface area contributed by atoms with Crippen LogP contribution in [0.4, 0.5) is 4.79 Å². The van der Waals surface area contributed by atoms with E-state index in [1.165, 1.54) is 0 Å². The third-order valence-electron chi connectivity index (χ3n) is 3.64. The van der Waals surface area contributed by atoms with Gasteiger partial charge in [-0.05, 0) is 46.0 Å². The zero-order chi connectivity index (χ0) is 12.6. The molecule has 0 N–H and O–H groups in total. The van der Waals surface area contributed by atoms with E-state index in [9.17, 15) is 9.59 Å². The standard InChI is InChI=1S/C13H21NO3/c1-13(2,3)17-12(16)14-10(8-15)7-9-5-4-6-11(9)14/h8-11H,4-7H2,1-3H3. The van der Waals surface area contributed by atoms with E-state index in [1.54, 1.807) is 4.90 Å². The molecule has 0 aromatic carbocycles. The molecule has 0 radical (unpaired) electrons. The van der Waals surface area contributed by atoms with Crippen molar-refractivity contribution in [2.45, 2.75) is 64.1 Å². The Morgan fingerprint density at radius 1 is 1.35 bits per heavy atom. The SMILES string of the molecule is CC(C)(C)OC(=O)N1C(C=O)CC2CCCC21. The summed E-state index contributed by atoms with van der Waals surface area (Å²) in [4.78, 5) is 24.9. The van der Waals surface area contributed by atoms with Gasteiger partial charge in [-0.15, -0.1) is 0 Å². The molecule has 2 aliphatic rings. The lowest BCUT2D eigenvalue weighted by atomic mass is 10.0. The second-order valence-electron chi connectivity index (χ2n) is 6.09. The van der Waals surface area contributed by atoms with E-state index in [0.717, 1.165) is 32.0 Å². The lowest BCUT2D eigenvalue weighted by molar-refractivity contribution is -0.112. The molecule has 1 aliphatic carbocycles. The van der Waals surface area contributed by atoms with Crippen LogP contribution < -0.4 is 0 Å². The molecule has 4 nitrogen and oxygen atoms in total. The van der Waals surface area contributed by atoms with Crippen LogP contribution in [0.5, 0.6) is 0 Å². The first kappa shape index (κ1) is 12.4. The number of ether oxygens (including phenoxy) is 1. The second-order valence-corrected chi connectivity index (χ2v) is 6.09. The van der Waals surface area contributed by atoms with Gasteiger partial charge in [-0.25, -0.2) is 4.79 Å². The lowest BCUT2D eigenvalue weighted by Gasteiger charge is -2.30. The third kappa shape index (κ3) is 2.45. The van der Waals surface area contributed by atoms with Crippen LogP contribution in [0.1, 0.15) is 46.5 Å². The van der Waals surface area contributed by atoms with Gasteiger partial charge in [0.15, 0.2) is 0 Å². The molecule has 0 bridgehead atoms. The van der Waals surface area contributed by atoms with Crippen LogP contribution in [0.25, 0.3) is 0 Å². The normalized spacial score (nSPS) is 32.4. The Balaban J connectivity index is 2.11. The Hall–Kier alpha value is -1.06. The van der Waals surface area contributed by atoms with Gasteiger partial charge in [0.1, 0.15) is 11.9 Å². The number of aldehydes is 1. The van der Waals surface area contributed by atoms with Crippen LogP contribution in [0.3, 0.4) is 0 Å². The van der Waals surface area contributed by atoms with Gasteiger partial charge < -0.3 is 9.53 Å². The minimum atomic E-state index is -0.499. The quantitative estimate of drug-likeness (QED) is 0.660. The number of fused-ring (bicyclic) bond motifs is 1. The Labute approximate surface area is 102 Å². The Bertz CT molecular complexity index is 321. The van der Waals surface area contributed by atoms with Crippen molar-refractivity contribution in [2.75, 3.05) is 0 Å². The van der Waals surface area contributed by atoms with Crippen LogP contribution in [-0.4, -0.2) is 35.0 Å². The van der Waals surface area contributed by atoms with Crippen LogP contribution in [-0.2, 0) is 9.53 Å². The zero-order valence-corrected chi connectivity index (χ0v) is 10.8. The van der Waals surface area contributed by atoms with E-state index in [0.29, 0.717) is 5.92 Å². The van der Waals surface area contributed by atoms with Gasteiger partial charge in [0, 0.05) is 6.04 Å². The predicted molar refractivity (Wildman–Crippen MR) is 63.7 cm³/mol. The van der Waals surface area contributed by atoms with Gasteiger partial charge in [0.05, 0.1) is 6.04 Å². The maximum Gasteiger partial charge on any atom is 0.411 e. The summed E-state index contributed by atoms with van der Waals surface area (Å²) in [7, 11) is 0. The molecule has 0 aromatic rings. The first-order valence-electron chi connectivity index (χ1n) is 6.39. The lowest BCUT2D eigenvalue weighted by Crippen LogP contribution is -2.44. The molecule has 1 saturated heterocycles. The van der Waals surface area contributed by atoms with Crippen molar-refractivity contribution in [2.24, 2.45) is 5.92 Å². The van der Waals surface area contributed by atoms with Crippen molar-refractivity contribution in [1.29, 1.82) is 0 Å². The van der Waals surface area contributed by atoms with Gasteiger partial charge >= 0.3 is 6.09 Å². The number of carbonyl (C=O) groups is 2. The van der Waals surface area contributed by atoms with Gasteiger partial charge in [0.25, 0.3) is 0 Å². The third-order valence-corrected chi connectivity index (χ3v) is 3.64. The molecule has 1 saturated carbocycles. The summed E-state index contributed by atoms with van der Waals surface area (Å²) in [6.45, 7) is 5.55. The number of likely N-dealkylation sites (tertiary alicyclic amines) is 1. The average molecular weight is 239 g/mol. The highest BCUT2D eigenvalue weighted by atomic mass is 16.6. The maximum atomic E-state index is 12.1. The number of amides is 1. The van der Waals surface area contributed by atoms with Gasteiger partial charge in [0.2, 0.25) is 0 Å². The van der Waals surface area contributed by atoms with Crippen molar-refractivity contribution >= 4 is 12.4 Å². The monoisotopic (exact) mass is 239 g/mol. The number of carbonyl (C=O) groups excluding carboxylic acids is 2. The first-order valence-corrected chi connectivity index (χ1v) is 6.39. The summed E-state index contributed by atoms with van der Waals surface area (Å²) < 4.78 is 5.39. The van der Waals surface area contributed by atoms with E-state index in [4.69, 9.17) is 4.74 Å². The van der Waals surface area contributed by atoms with E-state index < -0.39 is 5.60 Å². The average Bonchev–Trinajstić information content (AvgIpc) is 2.71. The minimum Gasteiger partial charge on any atom is -0.444 e. The van der Waals surface area contributed by atoms with Gasteiger partial charge in [-0.2, -0.15) is 0 Å². The van der Waals surface area contributed by atoms with Crippen molar-refractivity contribution in [1.82, 2.24) is 4.90 Å². The fourth-order valence-electron chi connectivity index (χ4n) is 3.03. The Kier molecular flexibility index (Phi) is 3.15. The summed E-state index contributed by atoms with van der Waals surface area (Å²) in [6, 6.07) is -0.0554. The fraction of sp³-hybridized carbons (Fsp3) is 0.846. The van der Waals surface area contributed by atoms with Crippen LogP contribution >= 0.6 is 0 Å².